The summed E-state index contributed by atoms with van der Waals surface area (Å²) in [5, 5.41) is 0. The van der Waals surface area contributed by atoms with Crippen molar-refractivity contribution in [3.8, 4) is 28.4 Å². The second kappa shape index (κ2) is 8.98. The van der Waals surface area contributed by atoms with Gasteiger partial charge < -0.3 is 14.2 Å². The van der Waals surface area contributed by atoms with Crippen LogP contribution in [0.5, 0.6) is 17.2 Å². The molecule has 0 N–H and O–H groups in total. The van der Waals surface area contributed by atoms with Crippen LogP contribution in [-0.2, 0) is 18.5 Å². The first-order chi connectivity index (χ1) is 16.5. The fraction of sp³-hybridized carbons (Fsp3) is 0.280. The van der Waals surface area contributed by atoms with E-state index in [4.69, 9.17) is 14.2 Å². The predicted octanol–water partition coefficient (Wildman–Crippen LogP) is 7.34. The molecule has 0 fully saturated rings. The molecule has 3 aromatic rings. The molecule has 0 saturated heterocycles. The van der Waals surface area contributed by atoms with Crippen LogP contribution in [0.1, 0.15) is 30.5 Å². The normalized spacial score (nSPS) is 15.2. The van der Waals surface area contributed by atoms with E-state index in [-0.39, 0.29) is 24.5 Å². The van der Waals surface area contributed by atoms with Gasteiger partial charge in [-0.05, 0) is 66.9 Å². The van der Waals surface area contributed by atoms with E-state index >= 15 is 13.2 Å². The van der Waals surface area contributed by atoms with Gasteiger partial charge in [0.25, 0.3) is 0 Å². The van der Waals surface area contributed by atoms with Gasteiger partial charge in [0, 0.05) is 0 Å². The van der Waals surface area contributed by atoms with Crippen molar-refractivity contribution in [3.05, 3.63) is 76.6 Å². The molecule has 0 bridgehead atoms. The summed E-state index contributed by atoms with van der Waals surface area (Å²) in [4.78, 5) is 0. The third-order valence-electron chi connectivity index (χ3n) is 5.52. The molecule has 0 saturated carbocycles. The summed E-state index contributed by atoms with van der Waals surface area (Å²) in [6.45, 7) is 2.84. The van der Waals surface area contributed by atoms with Gasteiger partial charge in [0.15, 0.2) is 34.7 Å². The summed E-state index contributed by atoms with van der Waals surface area (Å²) in [5.41, 5.74) is -4.16. The highest BCUT2D eigenvalue weighted by atomic mass is 19.3. The summed E-state index contributed by atoms with van der Waals surface area (Å²) < 4.78 is 119. The van der Waals surface area contributed by atoms with Gasteiger partial charge in [0.2, 0.25) is 0 Å². The van der Waals surface area contributed by atoms with Crippen LogP contribution in [0.25, 0.3) is 11.1 Å². The molecule has 0 spiro atoms. The number of halogens is 7. The second-order valence-electron chi connectivity index (χ2n) is 7.67. The maximum atomic E-state index is 15.2. The molecule has 3 nitrogen and oxygen atoms in total. The Kier molecular flexibility index (Phi) is 6.33. The Labute approximate surface area is 196 Å². The molecule has 35 heavy (non-hydrogen) atoms. The van der Waals surface area contributed by atoms with Crippen LogP contribution < -0.4 is 14.2 Å². The average Bonchev–Trinajstić information content (AvgIpc) is 2.80. The molecule has 0 aliphatic heterocycles. The largest absolute Gasteiger partial charge is 0.491 e. The van der Waals surface area contributed by atoms with Gasteiger partial charge in [-0.1, -0.05) is 6.07 Å². The Balaban J connectivity index is 1.75. The zero-order valence-electron chi connectivity index (χ0n) is 18.5. The quantitative estimate of drug-likeness (QED) is 0.318. The highest BCUT2D eigenvalue weighted by Crippen LogP contribution is 2.60. The number of hydrogen-bond acceptors (Lipinski definition) is 3. The van der Waals surface area contributed by atoms with Gasteiger partial charge in [0.1, 0.15) is 6.61 Å². The standard InChI is InChI=1S/C25H19F7O3/c1-3-33-17-8-5-13(11-16(17)26)12-35-19-10-7-15-14-6-9-18(34-4-2)22(27)20(14)24(29,30)25(31,32)21(15)23(19)28/h5-11H,3-4,12H2,1-2H3. The van der Waals surface area contributed by atoms with Crippen molar-refractivity contribution in [2.45, 2.75) is 32.3 Å². The highest BCUT2D eigenvalue weighted by molar-refractivity contribution is 5.78. The summed E-state index contributed by atoms with van der Waals surface area (Å²) in [6.07, 6.45) is 0. The van der Waals surface area contributed by atoms with Crippen molar-refractivity contribution in [3.63, 3.8) is 0 Å². The molecule has 10 heteroatoms. The van der Waals surface area contributed by atoms with Gasteiger partial charge in [0.05, 0.1) is 24.3 Å². The zero-order chi connectivity index (χ0) is 25.5. The minimum atomic E-state index is -5.10. The lowest BCUT2D eigenvalue weighted by Crippen LogP contribution is -2.41. The second-order valence-corrected chi connectivity index (χ2v) is 7.67. The monoisotopic (exact) mass is 500 g/mol. The summed E-state index contributed by atoms with van der Waals surface area (Å²) in [6, 6.07) is 7.71. The topological polar surface area (TPSA) is 27.7 Å². The van der Waals surface area contributed by atoms with Crippen LogP contribution >= 0.6 is 0 Å². The molecular weight excluding hydrogens is 481 g/mol. The molecule has 0 unspecified atom stereocenters. The SMILES string of the molecule is CCOc1ccc(COc2ccc3c(c2F)C(F)(F)C(F)(F)c2c-3ccc(OCC)c2F)cc1F. The van der Waals surface area contributed by atoms with Crippen LogP contribution in [0.2, 0.25) is 0 Å². The fourth-order valence-electron chi connectivity index (χ4n) is 3.94. The molecule has 186 valence electrons. The molecule has 1 aliphatic rings. The Morgan fingerprint density at radius 1 is 0.629 bits per heavy atom. The first-order valence-corrected chi connectivity index (χ1v) is 10.6. The lowest BCUT2D eigenvalue weighted by Gasteiger charge is -2.35. The first kappa shape index (κ1) is 24.7. The summed E-state index contributed by atoms with van der Waals surface area (Å²) in [7, 11) is 0. The summed E-state index contributed by atoms with van der Waals surface area (Å²) >= 11 is 0. The number of alkyl halides is 4. The maximum absolute atomic E-state index is 15.2. The van der Waals surface area contributed by atoms with Crippen LogP contribution in [0.15, 0.2) is 42.5 Å². The van der Waals surface area contributed by atoms with E-state index in [0.29, 0.717) is 0 Å². The molecule has 4 rings (SSSR count). The number of fused-ring (bicyclic) bond motifs is 3. The molecular formula is C25H19F7O3. The van der Waals surface area contributed by atoms with Crippen molar-refractivity contribution in [1.82, 2.24) is 0 Å². The Morgan fingerprint density at radius 3 is 1.57 bits per heavy atom. The van der Waals surface area contributed by atoms with Crippen LogP contribution in [0, 0.1) is 17.5 Å². The molecule has 0 aromatic heterocycles. The third-order valence-corrected chi connectivity index (χ3v) is 5.52. The van der Waals surface area contributed by atoms with Gasteiger partial charge in [-0.2, -0.15) is 17.6 Å². The first-order valence-electron chi connectivity index (χ1n) is 10.6. The van der Waals surface area contributed by atoms with Crippen LogP contribution in [0.4, 0.5) is 30.7 Å². The number of rotatable bonds is 7. The fourth-order valence-corrected chi connectivity index (χ4v) is 3.94. The Hall–Kier alpha value is -3.43. The van der Waals surface area contributed by atoms with E-state index < -0.39 is 69.7 Å². The molecule has 0 radical (unpaired) electrons. The van der Waals surface area contributed by atoms with Crippen molar-refractivity contribution in [1.29, 1.82) is 0 Å². The van der Waals surface area contributed by atoms with Crippen molar-refractivity contribution in [2.24, 2.45) is 0 Å². The molecule has 1 aliphatic carbocycles. The van der Waals surface area contributed by atoms with Gasteiger partial charge >= 0.3 is 11.8 Å². The van der Waals surface area contributed by atoms with E-state index in [1.807, 2.05) is 0 Å². The lowest BCUT2D eigenvalue weighted by atomic mass is 9.79. The van der Waals surface area contributed by atoms with E-state index in [2.05, 4.69) is 0 Å². The molecule has 0 amide bonds. The highest BCUT2D eigenvalue weighted by Gasteiger charge is 2.65. The van der Waals surface area contributed by atoms with Crippen molar-refractivity contribution >= 4 is 0 Å². The van der Waals surface area contributed by atoms with E-state index in [1.165, 1.54) is 19.1 Å². The molecule has 0 atom stereocenters. The Bertz CT molecular complexity index is 1270. The minimum Gasteiger partial charge on any atom is -0.491 e. The molecule has 0 heterocycles. The van der Waals surface area contributed by atoms with Gasteiger partial charge in [-0.15, -0.1) is 0 Å². The van der Waals surface area contributed by atoms with Gasteiger partial charge in [-0.3, -0.25) is 0 Å². The van der Waals surface area contributed by atoms with E-state index in [9.17, 15) is 17.6 Å². The number of ether oxygens (including phenoxy) is 3. The number of hydrogen-bond donors (Lipinski definition) is 0. The smallest absolute Gasteiger partial charge is 0.343 e. The number of benzene rings is 3. The average molecular weight is 500 g/mol. The molecule has 3 aromatic carbocycles. The van der Waals surface area contributed by atoms with Crippen LogP contribution in [-0.4, -0.2) is 13.2 Å². The third kappa shape index (κ3) is 3.94. The van der Waals surface area contributed by atoms with E-state index in [1.54, 1.807) is 6.92 Å². The Morgan fingerprint density at radius 2 is 1.09 bits per heavy atom. The zero-order valence-corrected chi connectivity index (χ0v) is 18.5. The summed E-state index contributed by atoms with van der Waals surface area (Å²) in [5.74, 6) is -15.6. The van der Waals surface area contributed by atoms with E-state index in [0.717, 1.165) is 30.3 Å². The van der Waals surface area contributed by atoms with Crippen molar-refractivity contribution in [2.75, 3.05) is 13.2 Å². The minimum absolute atomic E-state index is 0.0172. The van der Waals surface area contributed by atoms with Crippen molar-refractivity contribution < 1.29 is 44.9 Å². The maximum Gasteiger partial charge on any atom is 0.343 e. The van der Waals surface area contributed by atoms with Crippen LogP contribution in [0.3, 0.4) is 0 Å². The predicted molar refractivity (Wildman–Crippen MR) is 113 cm³/mol. The lowest BCUT2D eigenvalue weighted by molar-refractivity contribution is -0.228. The van der Waals surface area contributed by atoms with Gasteiger partial charge in [-0.25, -0.2) is 13.2 Å².